The van der Waals surface area contributed by atoms with Crippen LogP contribution in [0.1, 0.15) is 37.5 Å². The topological polar surface area (TPSA) is 20.2 Å². The van der Waals surface area contributed by atoms with E-state index in [9.17, 15) is 5.11 Å². The van der Waals surface area contributed by atoms with Crippen LogP contribution in [0, 0.1) is 13.8 Å². The Labute approximate surface area is 110 Å². The van der Waals surface area contributed by atoms with Gasteiger partial charge in [0.05, 0.1) is 6.10 Å². The van der Waals surface area contributed by atoms with Crippen LogP contribution in [0.5, 0.6) is 0 Å². The predicted octanol–water partition coefficient (Wildman–Crippen LogP) is 3.74. The Balaban J connectivity index is 2.50. The first-order valence-electron chi connectivity index (χ1n) is 6.16. The highest BCUT2D eigenvalue weighted by Crippen LogP contribution is 2.24. The Kier molecular flexibility index (Phi) is 5.08. The minimum absolute atomic E-state index is 0.226. The first kappa shape index (κ1) is 14.6. The first-order valence-corrected chi connectivity index (χ1v) is 7.14. The fourth-order valence-corrected chi connectivity index (χ4v) is 2.42. The van der Waals surface area contributed by atoms with Crippen molar-refractivity contribution in [1.82, 2.24) is 0 Å². The van der Waals surface area contributed by atoms with E-state index < -0.39 is 0 Å². The SMILES string of the molecule is Cc1ccc(CC(O)CSC(C)(C)C)cc1C. The van der Waals surface area contributed by atoms with Gasteiger partial charge in [0.15, 0.2) is 0 Å². The molecular weight excluding hydrogens is 228 g/mol. The summed E-state index contributed by atoms with van der Waals surface area (Å²) in [5.41, 5.74) is 3.85. The Morgan fingerprint density at radius 1 is 1.18 bits per heavy atom. The molecule has 96 valence electrons. The summed E-state index contributed by atoms with van der Waals surface area (Å²) in [5.74, 6) is 0.802. The zero-order valence-electron chi connectivity index (χ0n) is 11.6. The van der Waals surface area contributed by atoms with Gasteiger partial charge < -0.3 is 5.11 Å². The van der Waals surface area contributed by atoms with Crippen LogP contribution >= 0.6 is 11.8 Å². The molecule has 0 aliphatic heterocycles. The quantitative estimate of drug-likeness (QED) is 0.881. The van der Waals surface area contributed by atoms with Gasteiger partial charge in [0.2, 0.25) is 0 Å². The highest BCUT2D eigenvalue weighted by atomic mass is 32.2. The van der Waals surface area contributed by atoms with Gasteiger partial charge in [0.25, 0.3) is 0 Å². The van der Waals surface area contributed by atoms with E-state index in [1.54, 1.807) is 0 Å². The highest BCUT2D eigenvalue weighted by Gasteiger charge is 2.14. The molecule has 1 atom stereocenters. The van der Waals surface area contributed by atoms with Crippen LogP contribution in [0.3, 0.4) is 0 Å². The molecule has 0 aliphatic rings. The maximum Gasteiger partial charge on any atom is 0.0671 e. The van der Waals surface area contributed by atoms with Crippen molar-refractivity contribution in [3.63, 3.8) is 0 Å². The second-order valence-corrected chi connectivity index (χ2v) is 7.55. The molecule has 0 bridgehead atoms. The summed E-state index contributed by atoms with van der Waals surface area (Å²) in [6, 6.07) is 6.43. The Morgan fingerprint density at radius 2 is 1.82 bits per heavy atom. The van der Waals surface area contributed by atoms with E-state index in [2.05, 4.69) is 52.8 Å². The van der Waals surface area contributed by atoms with Gasteiger partial charge in [0.1, 0.15) is 0 Å². The largest absolute Gasteiger partial charge is 0.392 e. The van der Waals surface area contributed by atoms with Gasteiger partial charge in [-0.1, -0.05) is 39.0 Å². The van der Waals surface area contributed by atoms with Gasteiger partial charge in [-0.2, -0.15) is 11.8 Å². The molecule has 1 nitrogen and oxygen atoms in total. The van der Waals surface area contributed by atoms with Crippen molar-refractivity contribution >= 4 is 11.8 Å². The lowest BCUT2D eigenvalue weighted by molar-refractivity contribution is 0.200. The maximum absolute atomic E-state index is 10.0. The van der Waals surface area contributed by atoms with Gasteiger partial charge in [-0.15, -0.1) is 0 Å². The lowest BCUT2D eigenvalue weighted by atomic mass is 10.0. The molecule has 0 fully saturated rings. The molecular formula is C15H24OS. The Hall–Kier alpha value is -0.470. The summed E-state index contributed by atoms with van der Waals surface area (Å²) in [6.45, 7) is 10.8. The summed E-state index contributed by atoms with van der Waals surface area (Å²) in [4.78, 5) is 0. The molecule has 1 aromatic rings. The average molecular weight is 252 g/mol. The van der Waals surface area contributed by atoms with E-state index in [0.717, 1.165) is 12.2 Å². The standard InChI is InChI=1S/C15H24OS/c1-11-6-7-13(8-12(11)2)9-14(16)10-17-15(3,4)5/h6-8,14,16H,9-10H2,1-5H3. The van der Waals surface area contributed by atoms with Crippen molar-refractivity contribution in [3.8, 4) is 0 Å². The van der Waals surface area contributed by atoms with Crippen molar-refractivity contribution in [2.75, 3.05) is 5.75 Å². The third-order valence-corrected chi connectivity index (χ3v) is 4.17. The molecule has 0 radical (unpaired) electrons. The highest BCUT2D eigenvalue weighted by molar-refractivity contribution is 8.00. The molecule has 0 spiro atoms. The lowest BCUT2D eigenvalue weighted by Gasteiger charge is -2.20. The molecule has 0 amide bonds. The molecule has 0 aliphatic carbocycles. The van der Waals surface area contributed by atoms with Crippen LogP contribution in [0.4, 0.5) is 0 Å². The van der Waals surface area contributed by atoms with Crippen LogP contribution in [0.25, 0.3) is 0 Å². The number of thioether (sulfide) groups is 1. The summed E-state index contributed by atoms with van der Waals surface area (Å²) < 4.78 is 0.226. The molecule has 0 aromatic heterocycles. The number of aryl methyl sites for hydroxylation is 2. The summed E-state index contributed by atoms with van der Waals surface area (Å²) in [7, 11) is 0. The monoisotopic (exact) mass is 252 g/mol. The number of aliphatic hydroxyl groups excluding tert-OH is 1. The molecule has 0 saturated carbocycles. The first-order chi connectivity index (χ1) is 7.78. The number of hydrogen-bond donors (Lipinski definition) is 1. The van der Waals surface area contributed by atoms with Crippen molar-refractivity contribution in [2.45, 2.75) is 51.9 Å². The van der Waals surface area contributed by atoms with Gasteiger partial charge in [-0.3, -0.25) is 0 Å². The van der Waals surface area contributed by atoms with Crippen molar-refractivity contribution in [3.05, 3.63) is 34.9 Å². The van der Waals surface area contributed by atoms with E-state index >= 15 is 0 Å². The fraction of sp³-hybridized carbons (Fsp3) is 0.600. The minimum atomic E-state index is -0.249. The minimum Gasteiger partial charge on any atom is -0.392 e. The van der Waals surface area contributed by atoms with Gasteiger partial charge in [0, 0.05) is 10.5 Å². The summed E-state index contributed by atoms with van der Waals surface area (Å²) in [5, 5.41) is 10.0. The average Bonchev–Trinajstić information content (AvgIpc) is 2.20. The van der Waals surface area contributed by atoms with Crippen LogP contribution < -0.4 is 0 Å². The zero-order chi connectivity index (χ0) is 13.1. The zero-order valence-corrected chi connectivity index (χ0v) is 12.4. The van der Waals surface area contributed by atoms with Crippen LogP contribution in [-0.2, 0) is 6.42 Å². The second kappa shape index (κ2) is 5.92. The number of aliphatic hydroxyl groups is 1. The van der Waals surface area contributed by atoms with Crippen LogP contribution in [0.15, 0.2) is 18.2 Å². The number of benzene rings is 1. The molecule has 2 heteroatoms. The Morgan fingerprint density at radius 3 is 2.35 bits per heavy atom. The molecule has 0 heterocycles. The summed E-state index contributed by atoms with van der Waals surface area (Å²) >= 11 is 1.82. The molecule has 1 unspecified atom stereocenters. The van der Waals surface area contributed by atoms with E-state index in [1.165, 1.54) is 16.7 Å². The third kappa shape index (κ3) is 5.60. The van der Waals surface area contributed by atoms with E-state index in [-0.39, 0.29) is 10.9 Å². The van der Waals surface area contributed by atoms with Crippen molar-refractivity contribution < 1.29 is 5.11 Å². The predicted molar refractivity (Wildman–Crippen MR) is 77.8 cm³/mol. The third-order valence-electron chi connectivity index (χ3n) is 2.75. The maximum atomic E-state index is 10.0. The number of rotatable bonds is 4. The van der Waals surface area contributed by atoms with Crippen molar-refractivity contribution in [2.24, 2.45) is 0 Å². The van der Waals surface area contributed by atoms with Crippen molar-refractivity contribution in [1.29, 1.82) is 0 Å². The van der Waals surface area contributed by atoms with Gasteiger partial charge in [-0.05, 0) is 37.0 Å². The second-order valence-electron chi connectivity index (χ2n) is 5.70. The van der Waals surface area contributed by atoms with E-state index in [0.29, 0.717) is 0 Å². The fourth-order valence-electron chi connectivity index (χ4n) is 1.61. The van der Waals surface area contributed by atoms with E-state index in [1.807, 2.05) is 11.8 Å². The van der Waals surface area contributed by atoms with Crippen LogP contribution in [-0.4, -0.2) is 21.7 Å². The molecule has 1 aromatic carbocycles. The smallest absolute Gasteiger partial charge is 0.0671 e. The lowest BCUT2D eigenvalue weighted by Crippen LogP contribution is -2.18. The molecule has 1 rings (SSSR count). The molecule has 1 N–H and O–H groups in total. The summed E-state index contributed by atoms with van der Waals surface area (Å²) in [6.07, 6.45) is 0.505. The molecule has 0 saturated heterocycles. The van der Waals surface area contributed by atoms with Crippen LogP contribution in [0.2, 0.25) is 0 Å². The van der Waals surface area contributed by atoms with Gasteiger partial charge >= 0.3 is 0 Å². The Bertz CT molecular complexity index is 366. The van der Waals surface area contributed by atoms with E-state index in [4.69, 9.17) is 0 Å². The normalized spacial score (nSPS) is 13.8. The van der Waals surface area contributed by atoms with Gasteiger partial charge in [-0.25, -0.2) is 0 Å². The number of hydrogen-bond acceptors (Lipinski definition) is 2. The molecule has 17 heavy (non-hydrogen) atoms.